The lowest BCUT2D eigenvalue weighted by Crippen LogP contribution is -2.18. The molecule has 3 N–H and O–H groups in total. The van der Waals surface area contributed by atoms with Crippen molar-refractivity contribution in [2.24, 2.45) is 4.99 Å². The van der Waals surface area contributed by atoms with Gasteiger partial charge in [-0.15, -0.1) is 0 Å². The summed E-state index contributed by atoms with van der Waals surface area (Å²) in [5.74, 6) is 1.72. The van der Waals surface area contributed by atoms with Crippen molar-refractivity contribution in [2.75, 3.05) is 12.4 Å². The fourth-order valence-electron chi connectivity index (χ4n) is 4.72. The Morgan fingerprint density at radius 1 is 1.21 bits per heavy atom. The summed E-state index contributed by atoms with van der Waals surface area (Å²) in [5, 5.41) is 6.70. The Morgan fingerprint density at radius 3 is 2.64 bits per heavy atom. The van der Waals surface area contributed by atoms with Crippen LogP contribution >= 0.6 is 0 Å². The quantitative estimate of drug-likeness (QED) is 0.277. The highest BCUT2D eigenvalue weighted by molar-refractivity contribution is 6.09. The summed E-state index contributed by atoms with van der Waals surface area (Å²) in [7, 11) is 1.86. The molecule has 42 heavy (non-hydrogen) atoms. The van der Waals surface area contributed by atoms with E-state index in [0.29, 0.717) is 17.1 Å². The molecule has 222 valence electrons. The van der Waals surface area contributed by atoms with Gasteiger partial charge in [0.2, 0.25) is 0 Å². The summed E-state index contributed by atoms with van der Waals surface area (Å²) in [6, 6.07) is 7.42. The van der Waals surface area contributed by atoms with Crippen molar-refractivity contribution in [3.8, 4) is 11.1 Å². The van der Waals surface area contributed by atoms with Crippen LogP contribution in [0, 0.1) is 0 Å². The van der Waals surface area contributed by atoms with Crippen LogP contribution in [0.25, 0.3) is 17.2 Å². The molecule has 3 heterocycles. The van der Waals surface area contributed by atoms with Crippen LogP contribution in [-0.2, 0) is 17.9 Å². The van der Waals surface area contributed by atoms with E-state index in [4.69, 9.17) is 9.73 Å². The van der Waals surface area contributed by atoms with Gasteiger partial charge in [0.05, 0.1) is 17.8 Å². The Kier molecular flexibility index (Phi) is 9.23. The van der Waals surface area contributed by atoms with Gasteiger partial charge in [-0.05, 0) is 66.7 Å². The van der Waals surface area contributed by atoms with Gasteiger partial charge in [0.15, 0.2) is 0 Å². The van der Waals surface area contributed by atoms with Gasteiger partial charge in [0.1, 0.15) is 29.8 Å². The number of aliphatic imine (C=N–C) groups is 1. The van der Waals surface area contributed by atoms with Crippen molar-refractivity contribution in [3.63, 3.8) is 0 Å². The third-order valence-electron chi connectivity index (χ3n) is 7.24. The van der Waals surface area contributed by atoms with Gasteiger partial charge in [-0.1, -0.05) is 39.5 Å². The summed E-state index contributed by atoms with van der Waals surface area (Å²) < 4.78 is 47.4. The Morgan fingerprint density at radius 2 is 1.98 bits per heavy atom. The number of nitrogens with one attached hydrogen (secondary N) is 3. The number of aromatic amines is 1. The van der Waals surface area contributed by atoms with Gasteiger partial charge >= 0.3 is 6.18 Å². The molecule has 4 rings (SSSR count). The van der Waals surface area contributed by atoms with Gasteiger partial charge in [-0.3, -0.25) is 4.99 Å². The number of hydrogen-bond donors (Lipinski definition) is 3. The first kappa shape index (κ1) is 30.6. The van der Waals surface area contributed by atoms with E-state index in [0.717, 1.165) is 51.6 Å². The number of alkyl halides is 3. The summed E-state index contributed by atoms with van der Waals surface area (Å²) in [4.78, 5) is 17.0. The highest BCUT2D eigenvalue weighted by Crippen LogP contribution is 2.37. The Labute approximate surface area is 244 Å². The maximum atomic E-state index is 13.9. The van der Waals surface area contributed by atoms with Crippen LogP contribution in [0.5, 0.6) is 0 Å². The maximum Gasteiger partial charge on any atom is 0.419 e. The number of fused-ring (bicyclic) bond motifs is 6. The zero-order valence-electron chi connectivity index (χ0n) is 24.8. The SMILES string of the molecule is C=C(/C1=C\c2cc(ccc2C(C)C)-c2c[nH]c(N/C(NC)=C(\C)CC)c2C(C)=NCc2nccc(n2)CO1)C(F)(F)F. The lowest BCUT2D eigenvalue weighted by molar-refractivity contribution is -0.0936. The zero-order valence-corrected chi connectivity index (χ0v) is 24.8. The van der Waals surface area contributed by atoms with Crippen molar-refractivity contribution < 1.29 is 17.9 Å². The molecule has 0 atom stereocenters. The Balaban J connectivity index is 1.99. The molecule has 0 aliphatic carbocycles. The highest BCUT2D eigenvalue weighted by atomic mass is 19.4. The fraction of sp³-hybridized carbons (Fsp3) is 0.344. The smallest absolute Gasteiger partial charge is 0.419 e. The van der Waals surface area contributed by atoms with Crippen molar-refractivity contribution in [3.05, 3.63) is 94.2 Å². The largest absolute Gasteiger partial charge is 0.487 e. The van der Waals surface area contributed by atoms with Crippen LogP contribution in [0.1, 0.15) is 75.2 Å². The second-order valence-corrected chi connectivity index (χ2v) is 10.5. The maximum absolute atomic E-state index is 13.9. The van der Waals surface area contributed by atoms with E-state index < -0.39 is 11.7 Å². The number of hydrogen-bond acceptors (Lipinski definition) is 6. The molecule has 10 heteroatoms. The first-order valence-corrected chi connectivity index (χ1v) is 13.9. The lowest BCUT2D eigenvalue weighted by atomic mass is 9.91. The van der Waals surface area contributed by atoms with Gasteiger partial charge in [-0.25, -0.2) is 9.97 Å². The number of anilines is 1. The second-order valence-electron chi connectivity index (χ2n) is 10.5. The molecule has 0 unspecified atom stereocenters. The minimum atomic E-state index is -4.67. The van der Waals surface area contributed by atoms with Gasteiger partial charge in [0, 0.05) is 36.3 Å². The molecule has 0 saturated carbocycles. The molecule has 0 fully saturated rings. The molecule has 1 aliphatic rings. The van der Waals surface area contributed by atoms with E-state index in [1.54, 1.807) is 12.3 Å². The predicted molar refractivity (Wildman–Crippen MR) is 162 cm³/mol. The van der Waals surface area contributed by atoms with Gasteiger partial charge in [-0.2, -0.15) is 13.2 Å². The molecule has 3 aromatic rings. The number of nitrogens with zero attached hydrogens (tertiary/aromatic N) is 3. The summed E-state index contributed by atoms with van der Waals surface area (Å²) in [5.41, 5.74) is 5.23. The van der Waals surface area contributed by atoms with Crippen molar-refractivity contribution >= 4 is 17.6 Å². The first-order valence-electron chi connectivity index (χ1n) is 13.9. The molecule has 1 aliphatic heterocycles. The van der Waals surface area contributed by atoms with Crippen LogP contribution in [-0.4, -0.2) is 33.9 Å². The van der Waals surface area contributed by atoms with Crippen LogP contribution in [0.3, 0.4) is 0 Å². The van der Waals surface area contributed by atoms with E-state index in [2.05, 4.69) is 39.1 Å². The van der Waals surface area contributed by atoms with Crippen LogP contribution in [0.4, 0.5) is 19.0 Å². The molecule has 1 aromatic carbocycles. The molecule has 0 spiro atoms. The molecular weight excluding hydrogens is 541 g/mol. The van der Waals surface area contributed by atoms with E-state index in [-0.39, 0.29) is 24.8 Å². The van der Waals surface area contributed by atoms with Crippen LogP contribution < -0.4 is 10.6 Å². The third-order valence-corrected chi connectivity index (χ3v) is 7.24. The molecule has 7 nitrogen and oxygen atoms in total. The summed E-state index contributed by atoms with van der Waals surface area (Å²) in [6.07, 6.45) is 1.04. The summed E-state index contributed by atoms with van der Waals surface area (Å²) in [6.45, 7) is 13.4. The second kappa shape index (κ2) is 12.7. The molecule has 0 amide bonds. The average molecular weight is 579 g/mol. The van der Waals surface area contributed by atoms with E-state index >= 15 is 0 Å². The number of rotatable bonds is 6. The minimum absolute atomic E-state index is 0.0452. The lowest BCUT2D eigenvalue weighted by Gasteiger charge is -2.18. The topological polar surface area (TPSA) is 87.2 Å². The van der Waals surface area contributed by atoms with Gasteiger partial charge in [0.25, 0.3) is 0 Å². The molecule has 2 aromatic heterocycles. The van der Waals surface area contributed by atoms with E-state index in [1.165, 1.54) is 6.08 Å². The molecule has 0 saturated heterocycles. The molecular formula is C32H37F3N6O. The van der Waals surface area contributed by atoms with Crippen molar-refractivity contribution in [1.82, 2.24) is 20.3 Å². The Bertz CT molecular complexity index is 1560. The third kappa shape index (κ3) is 6.75. The first-order chi connectivity index (χ1) is 19.9. The number of allylic oxidation sites excluding steroid dienone is 2. The van der Waals surface area contributed by atoms with Crippen molar-refractivity contribution in [1.29, 1.82) is 0 Å². The highest BCUT2D eigenvalue weighted by Gasteiger charge is 2.35. The number of ether oxygens (including phenoxy) is 1. The van der Waals surface area contributed by atoms with Crippen LogP contribution in [0.2, 0.25) is 0 Å². The number of halogens is 3. The Hall–Kier alpha value is -4.34. The van der Waals surface area contributed by atoms with Gasteiger partial charge < -0.3 is 20.4 Å². The summed E-state index contributed by atoms with van der Waals surface area (Å²) >= 11 is 0. The predicted octanol–water partition coefficient (Wildman–Crippen LogP) is 7.87. The average Bonchev–Trinajstić information content (AvgIpc) is 3.38. The van der Waals surface area contributed by atoms with E-state index in [1.807, 2.05) is 59.1 Å². The number of H-pyrrole nitrogens is 1. The molecule has 4 bridgehead atoms. The number of aromatic nitrogens is 3. The minimum Gasteiger partial charge on any atom is -0.487 e. The monoisotopic (exact) mass is 578 g/mol. The zero-order chi connectivity index (χ0) is 30.6. The van der Waals surface area contributed by atoms with Crippen molar-refractivity contribution in [2.45, 2.75) is 66.3 Å². The van der Waals surface area contributed by atoms with E-state index in [9.17, 15) is 13.2 Å². The number of benzene rings is 1. The normalized spacial score (nSPS) is 15.7. The van der Waals surface area contributed by atoms with Crippen LogP contribution in [0.15, 0.2) is 71.0 Å². The standard InChI is InChI=1S/C32H37F3N6O/c1-8-19(4)30(36-7)41-31-29-21(6)38-16-28-37-12-11-24(40-28)17-42-27(20(5)32(33,34)35)14-23-13-22(26(29)15-39-31)9-10-25(23)18(2)3/h9-15,18,36,39,41H,5,8,16-17H2,1-4,6-7H3/b27-14+,30-19+,38-21?. The molecule has 0 radical (unpaired) electrons. The fourth-order valence-corrected chi connectivity index (χ4v) is 4.72.